The number of hydrogen-bond acceptors (Lipinski definition) is 5. The number of nitrogens with one attached hydrogen (secondary N) is 2. The number of aryl methyl sites for hydroxylation is 1. The minimum absolute atomic E-state index is 0.319. The molecule has 0 aliphatic heterocycles. The van der Waals surface area contributed by atoms with Crippen LogP contribution in [0.15, 0.2) is 22.7 Å². The second kappa shape index (κ2) is 9.17. The Bertz CT molecular complexity index is 718. The summed E-state index contributed by atoms with van der Waals surface area (Å²) in [5.41, 5.74) is 0.444. The molecule has 0 spiro atoms. The van der Waals surface area contributed by atoms with Crippen LogP contribution in [0.25, 0.3) is 0 Å². The summed E-state index contributed by atoms with van der Waals surface area (Å²) >= 11 is 6.24. The summed E-state index contributed by atoms with van der Waals surface area (Å²) in [4.78, 5) is 12.2. The molecule has 0 aliphatic carbocycles. The zero-order valence-corrected chi connectivity index (χ0v) is 15.3. The first-order valence-electron chi connectivity index (χ1n) is 8.14. The van der Waals surface area contributed by atoms with Crippen LogP contribution >= 0.6 is 11.6 Å². The van der Waals surface area contributed by atoms with Crippen molar-refractivity contribution in [3.8, 4) is 11.5 Å². The van der Waals surface area contributed by atoms with E-state index in [-0.39, 0.29) is 0 Å². The van der Waals surface area contributed by atoms with Crippen LogP contribution in [0.2, 0.25) is 5.02 Å². The van der Waals surface area contributed by atoms with E-state index in [1.165, 1.54) is 0 Å². The van der Waals surface area contributed by atoms with Gasteiger partial charge in [-0.15, -0.1) is 0 Å². The molecule has 0 atom stereocenters. The number of rotatable bonds is 8. The highest BCUT2D eigenvalue weighted by Gasteiger charge is 2.14. The molecule has 2 rings (SSSR count). The quantitative estimate of drug-likeness (QED) is 0.696. The van der Waals surface area contributed by atoms with E-state index in [2.05, 4.69) is 15.8 Å². The highest BCUT2D eigenvalue weighted by Crippen LogP contribution is 2.36. The average molecular weight is 368 g/mol. The number of aromatic nitrogens is 1. The van der Waals surface area contributed by atoms with Crippen molar-refractivity contribution in [2.45, 2.75) is 33.6 Å². The fraction of sp³-hybridized carbons (Fsp3) is 0.412. The van der Waals surface area contributed by atoms with Gasteiger partial charge in [0, 0.05) is 12.1 Å². The second-order valence-electron chi connectivity index (χ2n) is 5.38. The molecular weight excluding hydrogens is 346 g/mol. The van der Waals surface area contributed by atoms with Gasteiger partial charge in [-0.1, -0.05) is 30.6 Å². The maximum atomic E-state index is 12.2. The topological polar surface area (TPSA) is 85.6 Å². The lowest BCUT2D eigenvalue weighted by atomic mass is 10.2. The van der Waals surface area contributed by atoms with Crippen molar-refractivity contribution in [2.24, 2.45) is 0 Å². The van der Waals surface area contributed by atoms with Gasteiger partial charge >= 0.3 is 6.03 Å². The number of benzene rings is 1. The molecule has 0 unspecified atom stereocenters. The largest absolute Gasteiger partial charge is 0.492 e. The third-order valence-electron chi connectivity index (χ3n) is 3.08. The minimum atomic E-state index is -0.479. The summed E-state index contributed by atoms with van der Waals surface area (Å²) < 4.78 is 16.2. The number of halogens is 1. The molecule has 0 radical (unpaired) electrons. The van der Waals surface area contributed by atoms with Gasteiger partial charge in [-0.2, -0.15) is 0 Å². The van der Waals surface area contributed by atoms with E-state index in [1.54, 1.807) is 25.1 Å². The molecule has 25 heavy (non-hydrogen) atoms. The third kappa shape index (κ3) is 5.56. The number of urea groups is 1. The standard InChI is InChI=1S/C17H22ClN3O4/c1-4-6-23-14-10-15(24-7-5-2)13(9-12(14)18)19-17(22)20-16-8-11(3)25-21-16/h8-10H,4-7H2,1-3H3,(H2,19,20,21,22). The van der Waals surface area contributed by atoms with Crippen LogP contribution in [-0.4, -0.2) is 24.4 Å². The zero-order valence-electron chi connectivity index (χ0n) is 14.5. The Balaban J connectivity index is 2.15. The van der Waals surface area contributed by atoms with Gasteiger partial charge in [-0.3, -0.25) is 5.32 Å². The number of amides is 2. The summed E-state index contributed by atoms with van der Waals surface area (Å²) in [5.74, 6) is 1.93. The van der Waals surface area contributed by atoms with E-state index in [9.17, 15) is 4.79 Å². The van der Waals surface area contributed by atoms with Gasteiger partial charge in [-0.05, 0) is 25.8 Å². The van der Waals surface area contributed by atoms with Gasteiger partial charge in [0.15, 0.2) is 5.82 Å². The highest BCUT2D eigenvalue weighted by atomic mass is 35.5. The molecule has 2 aromatic rings. The normalized spacial score (nSPS) is 10.4. The number of hydrogen-bond donors (Lipinski definition) is 2. The molecule has 0 bridgehead atoms. The SMILES string of the molecule is CCCOc1cc(OCCC)c(NC(=O)Nc2cc(C)on2)cc1Cl. The van der Waals surface area contributed by atoms with Crippen LogP contribution in [0.3, 0.4) is 0 Å². The van der Waals surface area contributed by atoms with Crippen molar-refractivity contribution in [1.29, 1.82) is 0 Å². The lowest BCUT2D eigenvalue weighted by molar-refractivity contribution is 0.261. The van der Waals surface area contributed by atoms with Crippen LogP contribution in [0, 0.1) is 6.92 Å². The number of ether oxygens (including phenoxy) is 2. The van der Waals surface area contributed by atoms with Crippen LogP contribution < -0.4 is 20.1 Å². The summed E-state index contributed by atoms with van der Waals surface area (Å²) in [5, 5.41) is 9.39. The van der Waals surface area contributed by atoms with Crippen LogP contribution in [0.1, 0.15) is 32.4 Å². The Morgan fingerprint density at radius 3 is 2.40 bits per heavy atom. The molecule has 1 heterocycles. The van der Waals surface area contributed by atoms with Crippen LogP contribution in [-0.2, 0) is 0 Å². The van der Waals surface area contributed by atoms with Crippen molar-refractivity contribution < 1.29 is 18.8 Å². The smallest absolute Gasteiger partial charge is 0.325 e. The molecule has 8 heteroatoms. The van der Waals surface area contributed by atoms with E-state index >= 15 is 0 Å². The summed E-state index contributed by atoms with van der Waals surface area (Å²) in [6.45, 7) is 6.80. The second-order valence-corrected chi connectivity index (χ2v) is 5.78. The van der Waals surface area contributed by atoms with Crippen LogP contribution in [0.5, 0.6) is 11.5 Å². The lowest BCUT2D eigenvalue weighted by Crippen LogP contribution is -2.20. The Kier molecular flexibility index (Phi) is 6.94. The molecule has 2 amide bonds. The van der Waals surface area contributed by atoms with Gasteiger partial charge in [-0.25, -0.2) is 4.79 Å². The zero-order chi connectivity index (χ0) is 18.2. The Morgan fingerprint density at radius 1 is 1.12 bits per heavy atom. The van der Waals surface area contributed by atoms with Gasteiger partial charge in [0.05, 0.1) is 23.9 Å². The molecular formula is C17H22ClN3O4. The molecule has 2 N–H and O–H groups in total. The van der Waals surface area contributed by atoms with Gasteiger partial charge in [0.25, 0.3) is 0 Å². The molecule has 136 valence electrons. The molecule has 7 nitrogen and oxygen atoms in total. The predicted molar refractivity (Wildman–Crippen MR) is 96.9 cm³/mol. The highest BCUT2D eigenvalue weighted by molar-refractivity contribution is 6.32. The minimum Gasteiger partial charge on any atom is -0.492 e. The first kappa shape index (κ1) is 18.9. The average Bonchev–Trinajstić information content (AvgIpc) is 2.97. The molecule has 0 saturated carbocycles. The third-order valence-corrected chi connectivity index (χ3v) is 3.37. The summed E-state index contributed by atoms with van der Waals surface area (Å²) in [7, 11) is 0. The predicted octanol–water partition coefficient (Wildman–Crippen LogP) is 4.86. The Morgan fingerprint density at radius 2 is 1.80 bits per heavy atom. The Labute approximate surface area is 151 Å². The summed E-state index contributed by atoms with van der Waals surface area (Å²) in [6.07, 6.45) is 1.69. The Hall–Kier alpha value is -2.41. The number of carbonyl (C=O) groups is 1. The number of carbonyl (C=O) groups excluding carboxylic acids is 1. The van der Waals surface area contributed by atoms with E-state index < -0.39 is 6.03 Å². The first-order chi connectivity index (χ1) is 12.0. The van der Waals surface area contributed by atoms with E-state index in [0.29, 0.717) is 47.0 Å². The molecule has 1 aromatic heterocycles. The first-order valence-corrected chi connectivity index (χ1v) is 8.51. The lowest BCUT2D eigenvalue weighted by Gasteiger charge is -2.15. The van der Waals surface area contributed by atoms with Crippen molar-refractivity contribution in [3.63, 3.8) is 0 Å². The number of nitrogens with zero attached hydrogens (tertiary/aromatic N) is 1. The van der Waals surface area contributed by atoms with Crippen molar-refractivity contribution in [1.82, 2.24) is 5.16 Å². The molecule has 0 fully saturated rings. The number of anilines is 2. The van der Waals surface area contributed by atoms with E-state index in [4.69, 9.17) is 25.6 Å². The maximum Gasteiger partial charge on any atom is 0.325 e. The fourth-order valence-corrected chi connectivity index (χ4v) is 2.20. The van der Waals surface area contributed by atoms with Gasteiger partial charge in [0.2, 0.25) is 0 Å². The monoisotopic (exact) mass is 367 g/mol. The summed E-state index contributed by atoms with van der Waals surface area (Å²) in [6, 6.07) is 4.42. The van der Waals surface area contributed by atoms with Crippen molar-refractivity contribution in [3.05, 3.63) is 29.0 Å². The fourth-order valence-electron chi connectivity index (χ4n) is 1.98. The van der Waals surface area contributed by atoms with E-state index in [0.717, 1.165) is 12.8 Å². The molecule has 0 aliphatic rings. The van der Waals surface area contributed by atoms with Crippen molar-refractivity contribution in [2.75, 3.05) is 23.8 Å². The molecule has 1 aromatic carbocycles. The molecule has 0 saturated heterocycles. The van der Waals surface area contributed by atoms with Crippen LogP contribution in [0.4, 0.5) is 16.3 Å². The van der Waals surface area contributed by atoms with Crippen molar-refractivity contribution >= 4 is 29.1 Å². The maximum absolute atomic E-state index is 12.2. The van der Waals surface area contributed by atoms with Gasteiger partial charge in [0.1, 0.15) is 17.3 Å². The van der Waals surface area contributed by atoms with E-state index in [1.807, 2.05) is 13.8 Å². The van der Waals surface area contributed by atoms with Gasteiger partial charge < -0.3 is 19.3 Å².